The van der Waals surface area contributed by atoms with Crippen molar-refractivity contribution in [1.82, 2.24) is 0 Å². The Kier molecular flexibility index (Phi) is 5.11. The molecule has 0 aliphatic carbocycles. The van der Waals surface area contributed by atoms with Crippen LogP contribution in [0.4, 0.5) is 0 Å². The Balaban J connectivity index is 1.89. The van der Waals surface area contributed by atoms with E-state index in [1.807, 2.05) is 12.1 Å². The fourth-order valence-electron chi connectivity index (χ4n) is 2.45. The molecule has 0 unspecified atom stereocenters. The van der Waals surface area contributed by atoms with Crippen LogP contribution in [0.5, 0.6) is 17.2 Å². The fraction of sp³-hybridized carbons (Fsp3) is 0.238. The molecule has 0 aromatic heterocycles. The van der Waals surface area contributed by atoms with E-state index in [1.165, 1.54) is 0 Å². The molecule has 0 bridgehead atoms. The van der Waals surface area contributed by atoms with Gasteiger partial charge in [-0.05, 0) is 57.2 Å². The van der Waals surface area contributed by atoms with Gasteiger partial charge in [-0.15, -0.1) is 0 Å². The van der Waals surface area contributed by atoms with Gasteiger partial charge in [0.25, 0.3) is 0 Å². The summed E-state index contributed by atoms with van der Waals surface area (Å²) in [5, 5.41) is 0. The molecule has 0 radical (unpaired) electrons. The first kappa shape index (κ1) is 19.2. The number of rotatable bonds is 3. The van der Waals surface area contributed by atoms with Gasteiger partial charge in [-0.2, -0.15) is 0 Å². The van der Waals surface area contributed by atoms with Crippen LogP contribution in [0, 0.1) is 5.41 Å². The lowest BCUT2D eigenvalue weighted by molar-refractivity contribution is -0.143. The third kappa shape index (κ3) is 4.06. The summed E-state index contributed by atoms with van der Waals surface area (Å²) >= 11 is 3.41. The summed E-state index contributed by atoms with van der Waals surface area (Å²) in [5.74, 6) is 0.905. The quantitative estimate of drug-likeness (QED) is 0.388. The summed E-state index contributed by atoms with van der Waals surface area (Å²) in [6, 6.07) is 10.2. The molecule has 0 spiro atoms. The van der Waals surface area contributed by atoms with Crippen molar-refractivity contribution in [2.24, 2.45) is 5.41 Å². The zero-order valence-corrected chi connectivity index (χ0v) is 17.0. The number of carbonyl (C=O) groups is 2. The molecule has 2 aromatic carbocycles. The van der Waals surface area contributed by atoms with Crippen molar-refractivity contribution < 1.29 is 23.8 Å². The van der Waals surface area contributed by atoms with Gasteiger partial charge in [0.05, 0.1) is 18.1 Å². The van der Waals surface area contributed by atoms with Crippen molar-refractivity contribution in [3.05, 3.63) is 57.8 Å². The van der Waals surface area contributed by atoms with Gasteiger partial charge in [-0.1, -0.05) is 15.9 Å². The minimum atomic E-state index is -0.627. The monoisotopic (exact) mass is 430 g/mol. The molecule has 140 valence electrons. The van der Waals surface area contributed by atoms with Gasteiger partial charge in [-0.25, -0.2) is 0 Å². The van der Waals surface area contributed by atoms with E-state index >= 15 is 0 Å². The summed E-state index contributed by atoms with van der Waals surface area (Å²) in [6.45, 7) is 5.32. The Morgan fingerprint density at radius 1 is 1.15 bits per heavy atom. The number of esters is 1. The van der Waals surface area contributed by atoms with Crippen molar-refractivity contribution in [2.45, 2.75) is 20.8 Å². The number of carbonyl (C=O) groups excluding carboxylic acids is 2. The molecule has 1 aliphatic rings. The van der Waals surface area contributed by atoms with Crippen LogP contribution < -0.4 is 14.2 Å². The van der Waals surface area contributed by atoms with Gasteiger partial charge < -0.3 is 14.2 Å². The Morgan fingerprint density at radius 2 is 1.89 bits per heavy atom. The van der Waals surface area contributed by atoms with Gasteiger partial charge in [0.15, 0.2) is 5.76 Å². The summed E-state index contributed by atoms with van der Waals surface area (Å²) in [5.41, 5.74) is 0.506. The van der Waals surface area contributed by atoms with Crippen LogP contribution in [0.1, 0.15) is 36.7 Å². The molecule has 0 N–H and O–H groups in total. The number of fused-ring (bicyclic) bond motifs is 1. The van der Waals surface area contributed by atoms with Gasteiger partial charge >= 0.3 is 5.97 Å². The number of Topliss-reactive ketones (excluding diaryl/α,β-unsaturated/α-hetero) is 1. The largest absolute Gasteiger partial charge is 0.496 e. The molecule has 1 aliphatic heterocycles. The highest BCUT2D eigenvalue weighted by Crippen LogP contribution is 2.36. The molecule has 3 rings (SSSR count). The lowest BCUT2D eigenvalue weighted by Crippen LogP contribution is -2.25. The van der Waals surface area contributed by atoms with E-state index < -0.39 is 5.41 Å². The highest BCUT2D eigenvalue weighted by atomic mass is 79.9. The van der Waals surface area contributed by atoms with Crippen LogP contribution in [-0.2, 0) is 4.79 Å². The maximum Gasteiger partial charge on any atom is 0.316 e. The second-order valence-electron chi connectivity index (χ2n) is 7.12. The van der Waals surface area contributed by atoms with E-state index in [9.17, 15) is 9.59 Å². The standard InChI is InChI=1S/C21H19BrO5/c1-21(2,3)20(24)26-14-6-7-15-17(11-14)27-18(19(15)23)10-12-9-13(22)5-8-16(12)25-4/h5-11H,1-4H3. The summed E-state index contributed by atoms with van der Waals surface area (Å²) in [6.07, 6.45) is 1.63. The second-order valence-corrected chi connectivity index (χ2v) is 8.04. The minimum absolute atomic E-state index is 0.181. The predicted molar refractivity (Wildman–Crippen MR) is 105 cm³/mol. The average Bonchev–Trinajstić information content (AvgIpc) is 2.89. The van der Waals surface area contributed by atoms with E-state index in [1.54, 1.807) is 58.2 Å². The third-order valence-electron chi connectivity index (χ3n) is 3.94. The van der Waals surface area contributed by atoms with E-state index in [0.29, 0.717) is 28.4 Å². The van der Waals surface area contributed by atoms with Crippen LogP contribution in [0.25, 0.3) is 6.08 Å². The number of ketones is 1. The maximum atomic E-state index is 12.6. The molecule has 5 nitrogen and oxygen atoms in total. The highest BCUT2D eigenvalue weighted by Gasteiger charge is 2.29. The molecule has 0 atom stereocenters. The molecular weight excluding hydrogens is 412 g/mol. The molecule has 1 heterocycles. The number of hydrogen-bond donors (Lipinski definition) is 0. The Bertz CT molecular complexity index is 954. The van der Waals surface area contributed by atoms with Crippen molar-refractivity contribution in [3.8, 4) is 17.2 Å². The third-order valence-corrected chi connectivity index (χ3v) is 4.44. The van der Waals surface area contributed by atoms with Gasteiger partial charge in [-0.3, -0.25) is 9.59 Å². The summed E-state index contributed by atoms with van der Waals surface area (Å²) in [4.78, 5) is 24.7. The molecule has 0 saturated carbocycles. The van der Waals surface area contributed by atoms with E-state index in [0.717, 1.165) is 4.47 Å². The van der Waals surface area contributed by atoms with Gasteiger partial charge in [0.1, 0.15) is 17.2 Å². The number of benzene rings is 2. The topological polar surface area (TPSA) is 61.8 Å². The zero-order valence-electron chi connectivity index (χ0n) is 15.5. The number of hydrogen-bond acceptors (Lipinski definition) is 5. The first-order chi connectivity index (χ1) is 12.7. The van der Waals surface area contributed by atoms with Crippen molar-refractivity contribution in [2.75, 3.05) is 7.11 Å². The van der Waals surface area contributed by atoms with E-state index in [-0.39, 0.29) is 17.5 Å². The highest BCUT2D eigenvalue weighted by molar-refractivity contribution is 9.10. The van der Waals surface area contributed by atoms with Crippen molar-refractivity contribution >= 4 is 33.8 Å². The smallest absolute Gasteiger partial charge is 0.316 e. The normalized spacial score (nSPS) is 14.7. The van der Waals surface area contributed by atoms with Gasteiger partial charge in [0.2, 0.25) is 5.78 Å². The molecular formula is C21H19BrO5. The maximum absolute atomic E-state index is 12.6. The van der Waals surface area contributed by atoms with Gasteiger partial charge in [0, 0.05) is 16.1 Å². The number of halogens is 1. The van der Waals surface area contributed by atoms with Crippen LogP contribution >= 0.6 is 15.9 Å². The number of allylic oxidation sites excluding steroid dienone is 1. The van der Waals surface area contributed by atoms with E-state index in [4.69, 9.17) is 14.2 Å². The molecule has 2 aromatic rings. The Hall–Kier alpha value is -2.60. The Morgan fingerprint density at radius 3 is 2.56 bits per heavy atom. The zero-order chi connectivity index (χ0) is 19.8. The SMILES string of the molecule is COc1ccc(Br)cc1C=C1Oc2cc(OC(=O)C(C)(C)C)ccc2C1=O. The summed E-state index contributed by atoms with van der Waals surface area (Å²) in [7, 11) is 1.56. The second kappa shape index (κ2) is 7.19. The van der Waals surface area contributed by atoms with Crippen LogP contribution in [0.2, 0.25) is 0 Å². The lowest BCUT2D eigenvalue weighted by atomic mass is 9.97. The first-order valence-electron chi connectivity index (χ1n) is 8.33. The van der Waals surface area contributed by atoms with Crippen molar-refractivity contribution in [1.29, 1.82) is 0 Å². The Labute approximate surface area is 166 Å². The summed E-state index contributed by atoms with van der Waals surface area (Å²) < 4.78 is 17.3. The molecule has 0 fully saturated rings. The number of methoxy groups -OCH3 is 1. The minimum Gasteiger partial charge on any atom is -0.496 e. The first-order valence-corrected chi connectivity index (χ1v) is 9.12. The van der Waals surface area contributed by atoms with Crippen LogP contribution in [0.3, 0.4) is 0 Å². The predicted octanol–water partition coefficient (Wildman–Crippen LogP) is 5.03. The van der Waals surface area contributed by atoms with Crippen LogP contribution in [-0.4, -0.2) is 18.9 Å². The lowest BCUT2D eigenvalue weighted by Gasteiger charge is -2.16. The molecule has 0 saturated heterocycles. The molecule has 6 heteroatoms. The van der Waals surface area contributed by atoms with Crippen molar-refractivity contribution in [3.63, 3.8) is 0 Å². The molecule has 27 heavy (non-hydrogen) atoms. The fourth-order valence-corrected chi connectivity index (χ4v) is 2.83. The molecule has 0 amide bonds. The van der Waals surface area contributed by atoms with E-state index in [2.05, 4.69) is 15.9 Å². The average molecular weight is 431 g/mol. The van der Waals surface area contributed by atoms with Crippen LogP contribution in [0.15, 0.2) is 46.6 Å². The number of ether oxygens (including phenoxy) is 3.